The van der Waals surface area contributed by atoms with Gasteiger partial charge < -0.3 is 15.0 Å². The molecular formula is C25H31N3O3. The lowest BCUT2D eigenvalue weighted by Crippen LogP contribution is -2.40. The molecule has 0 radical (unpaired) electrons. The van der Waals surface area contributed by atoms with Crippen molar-refractivity contribution in [1.82, 2.24) is 10.2 Å². The zero-order valence-electron chi connectivity index (χ0n) is 18.3. The highest BCUT2D eigenvalue weighted by molar-refractivity contribution is 6.00. The van der Waals surface area contributed by atoms with Crippen molar-refractivity contribution < 1.29 is 14.3 Å². The summed E-state index contributed by atoms with van der Waals surface area (Å²) in [5.41, 5.74) is 3.18. The van der Waals surface area contributed by atoms with Gasteiger partial charge >= 0.3 is 0 Å². The van der Waals surface area contributed by atoms with Crippen LogP contribution in [0.15, 0.2) is 48.5 Å². The Morgan fingerprint density at radius 1 is 1.10 bits per heavy atom. The molecule has 6 nitrogen and oxygen atoms in total. The summed E-state index contributed by atoms with van der Waals surface area (Å²) in [6.07, 6.45) is 2.63. The Morgan fingerprint density at radius 3 is 2.42 bits per heavy atom. The van der Waals surface area contributed by atoms with Crippen molar-refractivity contribution in [2.75, 3.05) is 38.2 Å². The van der Waals surface area contributed by atoms with Crippen LogP contribution in [-0.4, -0.2) is 50.0 Å². The van der Waals surface area contributed by atoms with Crippen LogP contribution in [0.5, 0.6) is 5.75 Å². The van der Waals surface area contributed by atoms with Gasteiger partial charge in [0.2, 0.25) is 11.8 Å². The Labute approximate surface area is 184 Å². The molecule has 1 N–H and O–H groups in total. The van der Waals surface area contributed by atoms with Crippen LogP contribution in [0.25, 0.3) is 0 Å². The molecule has 0 aromatic heterocycles. The van der Waals surface area contributed by atoms with E-state index in [0.717, 1.165) is 30.1 Å². The first-order valence-electron chi connectivity index (χ1n) is 11.1. The number of ether oxygens (including phenoxy) is 1. The number of benzene rings is 2. The maximum Gasteiger partial charge on any atom is 0.227 e. The minimum Gasteiger partial charge on any atom is -0.497 e. The van der Waals surface area contributed by atoms with Gasteiger partial charge in [-0.05, 0) is 62.7 Å². The molecule has 0 aliphatic carbocycles. The Balaban J connectivity index is 1.40. The lowest BCUT2D eigenvalue weighted by molar-refractivity contribution is -0.126. The summed E-state index contributed by atoms with van der Waals surface area (Å²) in [4.78, 5) is 29.6. The van der Waals surface area contributed by atoms with Crippen molar-refractivity contribution >= 4 is 17.5 Å². The summed E-state index contributed by atoms with van der Waals surface area (Å²) >= 11 is 0. The molecule has 2 amide bonds. The van der Waals surface area contributed by atoms with E-state index in [9.17, 15) is 9.59 Å². The van der Waals surface area contributed by atoms with E-state index in [-0.39, 0.29) is 30.2 Å². The predicted molar refractivity (Wildman–Crippen MR) is 121 cm³/mol. The van der Waals surface area contributed by atoms with Crippen molar-refractivity contribution in [3.63, 3.8) is 0 Å². The summed E-state index contributed by atoms with van der Waals surface area (Å²) in [6.45, 7) is 5.07. The fourth-order valence-electron chi connectivity index (χ4n) is 4.54. The maximum absolute atomic E-state index is 12.9. The Morgan fingerprint density at radius 2 is 1.77 bits per heavy atom. The van der Waals surface area contributed by atoms with Crippen LogP contribution >= 0.6 is 0 Å². The van der Waals surface area contributed by atoms with Gasteiger partial charge in [-0.1, -0.05) is 29.8 Å². The average molecular weight is 422 g/mol. The van der Waals surface area contributed by atoms with Crippen LogP contribution in [0, 0.1) is 12.8 Å². The molecule has 2 saturated heterocycles. The number of hydrogen-bond acceptors (Lipinski definition) is 4. The van der Waals surface area contributed by atoms with Gasteiger partial charge in [0, 0.05) is 25.2 Å². The van der Waals surface area contributed by atoms with Crippen LogP contribution in [0.2, 0.25) is 0 Å². The number of methoxy groups -OCH3 is 1. The Hall–Kier alpha value is -2.86. The number of carbonyl (C=O) groups is 2. The number of hydrogen-bond donors (Lipinski definition) is 1. The van der Waals surface area contributed by atoms with E-state index >= 15 is 0 Å². The van der Waals surface area contributed by atoms with Gasteiger partial charge in [-0.3, -0.25) is 14.5 Å². The summed E-state index contributed by atoms with van der Waals surface area (Å²) in [7, 11) is 1.66. The van der Waals surface area contributed by atoms with Crippen molar-refractivity contribution in [2.45, 2.75) is 32.2 Å². The van der Waals surface area contributed by atoms with E-state index in [1.54, 1.807) is 12.0 Å². The smallest absolute Gasteiger partial charge is 0.227 e. The predicted octanol–water partition coefficient (Wildman–Crippen LogP) is 3.31. The van der Waals surface area contributed by atoms with Crippen molar-refractivity contribution in [1.29, 1.82) is 0 Å². The summed E-state index contributed by atoms with van der Waals surface area (Å²) in [5.74, 6) is 0.480. The molecule has 4 rings (SSSR count). The summed E-state index contributed by atoms with van der Waals surface area (Å²) in [6, 6.07) is 16.1. The molecular weight excluding hydrogens is 390 g/mol. The van der Waals surface area contributed by atoms with Crippen LogP contribution in [-0.2, 0) is 9.59 Å². The van der Waals surface area contributed by atoms with Gasteiger partial charge in [-0.25, -0.2) is 0 Å². The average Bonchev–Trinajstić information content (AvgIpc) is 3.45. The number of amides is 2. The summed E-state index contributed by atoms with van der Waals surface area (Å²) < 4.78 is 5.28. The van der Waals surface area contributed by atoms with Crippen LogP contribution in [0.4, 0.5) is 5.69 Å². The number of aryl methyl sites for hydroxylation is 1. The molecule has 0 bridgehead atoms. The molecule has 6 heteroatoms. The summed E-state index contributed by atoms with van der Waals surface area (Å²) in [5, 5.41) is 3.14. The molecule has 2 fully saturated rings. The quantitative estimate of drug-likeness (QED) is 0.745. The maximum atomic E-state index is 12.9. The number of carbonyl (C=O) groups excluding carboxylic acids is 2. The number of likely N-dealkylation sites (tertiary alicyclic amines) is 1. The lowest BCUT2D eigenvalue weighted by Gasteiger charge is -2.28. The monoisotopic (exact) mass is 421 g/mol. The van der Waals surface area contributed by atoms with Crippen LogP contribution in [0.3, 0.4) is 0 Å². The molecule has 0 spiro atoms. The topological polar surface area (TPSA) is 61.9 Å². The molecule has 2 heterocycles. The second kappa shape index (κ2) is 9.52. The number of anilines is 1. The molecule has 31 heavy (non-hydrogen) atoms. The molecule has 164 valence electrons. The van der Waals surface area contributed by atoms with Gasteiger partial charge in [-0.2, -0.15) is 0 Å². The highest BCUT2D eigenvalue weighted by Crippen LogP contribution is 2.28. The van der Waals surface area contributed by atoms with Crippen molar-refractivity contribution in [2.24, 2.45) is 5.92 Å². The van der Waals surface area contributed by atoms with Gasteiger partial charge in [0.25, 0.3) is 0 Å². The van der Waals surface area contributed by atoms with Gasteiger partial charge in [-0.15, -0.1) is 0 Å². The molecule has 2 aromatic rings. The Bertz CT molecular complexity index is 905. The first kappa shape index (κ1) is 21.4. The van der Waals surface area contributed by atoms with E-state index in [2.05, 4.69) is 22.3 Å². The standard InChI is InChI=1S/C25H31N3O3/c1-18-5-9-21(10-6-18)28-17-20(15-24(28)29)25(30)26-16-23(27-13-3-4-14-27)19-7-11-22(31-2)12-8-19/h5-12,20,23H,3-4,13-17H2,1-2H3,(H,26,30)/t20-,23+/m0/s1. The van der Waals surface area contributed by atoms with Gasteiger partial charge in [0.05, 0.1) is 19.1 Å². The minimum absolute atomic E-state index is 0.00949. The third kappa shape index (κ3) is 4.90. The van der Waals surface area contributed by atoms with E-state index < -0.39 is 0 Å². The van der Waals surface area contributed by atoms with E-state index in [1.807, 2.05) is 43.3 Å². The van der Waals surface area contributed by atoms with E-state index in [0.29, 0.717) is 13.1 Å². The number of nitrogens with zero attached hydrogens (tertiary/aromatic N) is 2. The van der Waals surface area contributed by atoms with Gasteiger partial charge in [0.1, 0.15) is 5.75 Å². The van der Waals surface area contributed by atoms with Crippen LogP contribution in [0.1, 0.15) is 36.4 Å². The molecule has 2 aliphatic heterocycles. The third-order valence-corrected chi connectivity index (χ3v) is 6.39. The molecule has 0 saturated carbocycles. The number of rotatable bonds is 7. The fraction of sp³-hybridized carbons (Fsp3) is 0.440. The van der Waals surface area contributed by atoms with E-state index in [4.69, 9.17) is 4.74 Å². The highest BCUT2D eigenvalue weighted by Gasteiger charge is 2.35. The van der Waals surface area contributed by atoms with E-state index in [1.165, 1.54) is 18.4 Å². The second-order valence-corrected chi connectivity index (χ2v) is 8.52. The zero-order valence-corrected chi connectivity index (χ0v) is 18.3. The van der Waals surface area contributed by atoms with Crippen molar-refractivity contribution in [3.8, 4) is 5.75 Å². The minimum atomic E-state index is -0.316. The highest BCUT2D eigenvalue weighted by atomic mass is 16.5. The molecule has 2 aromatic carbocycles. The number of nitrogens with one attached hydrogen (secondary N) is 1. The third-order valence-electron chi connectivity index (χ3n) is 6.39. The first-order chi connectivity index (χ1) is 15.0. The van der Waals surface area contributed by atoms with Crippen molar-refractivity contribution in [3.05, 3.63) is 59.7 Å². The van der Waals surface area contributed by atoms with Gasteiger partial charge in [0.15, 0.2) is 0 Å². The largest absolute Gasteiger partial charge is 0.497 e. The first-order valence-corrected chi connectivity index (χ1v) is 11.1. The molecule has 2 aliphatic rings. The lowest BCUT2D eigenvalue weighted by atomic mass is 10.0. The second-order valence-electron chi connectivity index (χ2n) is 8.52. The fourth-order valence-corrected chi connectivity index (χ4v) is 4.54. The Kier molecular flexibility index (Phi) is 6.56. The van der Waals surface area contributed by atoms with Crippen LogP contribution < -0.4 is 15.0 Å². The normalized spacial score (nSPS) is 20.1. The molecule has 0 unspecified atom stereocenters. The SMILES string of the molecule is COc1ccc([C@@H](CNC(=O)[C@H]2CC(=O)N(c3ccc(C)cc3)C2)N2CCCC2)cc1. The zero-order chi connectivity index (χ0) is 21.8. The molecule has 2 atom stereocenters.